The molecule has 0 saturated carbocycles. The highest BCUT2D eigenvalue weighted by Gasteiger charge is 2.17. The summed E-state index contributed by atoms with van der Waals surface area (Å²) in [5.74, 6) is 0. The molecule has 0 aliphatic carbocycles. The van der Waals surface area contributed by atoms with E-state index in [1.54, 1.807) is 0 Å². The van der Waals surface area contributed by atoms with Crippen LogP contribution in [0.3, 0.4) is 0 Å². The van der Waals surface area contributed by atoms with Crippen molar-refractivity contribution in [1.82, 2.24) is 4.98 Å². The van der Waals surface area contributed by atoms with Crippen molar-refractivity contribution in [2.45, 2.75) is 20.0 Å². The number of aryl methyl sites for hydroxylation is 1. The highest BCUT2D eigenvalue weighted by Crippen LogP contribution is 2.32. The zero-order chi connectivity index (χ0) is 12.0. The normalized spacial score (nSPS) is 14.9. The highest BCUT2D eigenvalue weighted by molar-refractivity contribution is 9.10. The molecule has 0 bridgehead atoms. The molecule has 2 aromatic rings. The quantitative estimate of drug-likeness (QED) is 0.812. The molecule has 1 aromatic heterocycles. The Morgan fingerprint density at radius 3 is 3.06 bits per heavy atom. The molecule has 1 aliphatic heterocycles. The van der Waals surface area contributed by atoms with Gasteiger partial charge in [-0.15, -0.1) is 0 Å². The Kier molecular flexibility index (Phi) is 2.56. The maximum absolute atomic E-state index is 6.24. The van der Waals surface area contributed by atoms with E-state index in [0.29, 0.717) is 6.61 Å². The molecule has 0 fully saturated rings. The minimum Gasteiger partial charge on any atom is -0.398 e. The van der Waals surface area contributed by atoms with Gasteiger partial charge in [0, 0.05) is 27.5 Å². The van der Waals surface area contributed by atoms with Gasteiger partial charge in [0.1, 0.15) is 0 Å². The second-order valence-corrected chi connectivity index (χ2v) is 5.29. The first kappa shape index (κ1) is 11.0. The summed E-state index contributed by atoms with van der Waals surface area (Å²) in [6, 6.07) is 4.10. The number of ether oxygens (including phenoxy) is 1. The first-order chi connectivity index (χ1) is 8.16. The fraction of sp³-hybridized carbons (Fsp3) is 0.308. The second-order valence-electron chi connectivity index (χ2n) is 4.37. The third kappa shape index (κ3) is 1.72. The number of hydrogen-bond donors (Lipinski definition) is 1. The van der Waals surface area contributed by atoms with E-state index in [-0.39, 0.29) is 0 Å². The topological polar surface area (TPSA) is 48.1 Å². The van der Waals surface area contributed by atoms with E-state index in [2.05, 4.69) is 28.9 Å². The van der Waals surface area contributed by atoms with Gasteiger partial charge < -0.3 is 10.5 Å². The lowest BCUT2D eigenvalue weighted by atomic mass is 10.0. The van der Waals surface area contributed by atoms with Gasteiger partial charge in [-0.2, -0.15) is 0 Å². The summed E-state index contributed by atoms with van der Waals surface area (Å²) in [5.41, 5.74) is 11.4. The molecule has 4 heteroatoms. The fourth-order valence-corrected chi connectivity index (χ4v) is 2.89. The minimum absolute atomic E-state index is 0.579. The maximum Gasteiger partial charge on any atom is 0.0756 e. The Labute approximate surface area is 108 Å². The molecule has 0 atom stereocenters. The number of pyridine rings is 1. The van der Waals surface area contributed by atoms with Crippen LogP contribution in [0.4, 0.5) is 5.69 Å². The summed E-state index contributed by atoms with van der Waals surface area (Å²) in [5, 5.41) is 1.01. The average Bonchev–Trinajstić information content (AvgIpc) is 2.31. The van der Waals surface area contributed by atoms with Crippen molar-refractivity contribution in [3.8, 4) is 0 Å². The molecule has 3 rings (SSSR count). The Morgan fingerprint density at radius 2 is 2.24 bits per heavy atom. The van der Waals surface area contributed by atoms with Crippen LogP contribution < -0.4 is 5.73 Å². The average molecular weight is 293 g/mol. The summed E-state index contributed by atoms with van der Waals surface area (Å²) in [4.78, 5) is 4.74. The number of benzene rings is 1. The van der Waals surface area contributed by atoms with E-state index in [1.807, 2.05) is 6.07 Å². The van der Waals surface area contributed by atoms with Gasteiger partial charge in [0.05, 0.1) is 24.4 Å². The third-order valence-electron chi connectivity index (χ3n) is 3.21. The van der Waals surface area contributed by atoms with Crippen LogP contribution >= 0.6 is 15.9 Å². The maximum atomic E-state index is 6.24. The summed E-state index contributed by atoms with van der Waals surface area (Å²) in [7, 11) is 0. The van der Waals surface area contributed by atoms with E-state index < -0.39 is 0 Å². The Bertz CT molecular complexity index is 610. The lowest BCUT2D eigenvalue weighted by Crippen LogP contribution is -2.14. The van der Waals surface area contributed by atoms with Crippen molar-refractivity contribution in [3.05, 3.63) is 33.4 Å². The van der Waals surface area contributed by atoms with Crippen molar-refractivity contribution >= 4 is 32.5 Å². The molecule has 3 nitrogen and oxygen atoms in total. The van der Waals surface area contributed by atoms with Crippen molar-refractivity contribution < 1.29 is 4.74 Å². The Morgan fingerprint density at radius 1 is 1.41 bits per heavy atom. The molecule has 0 saturated heterocycles. The van der Waals surface area contributed by atoms with Gasteiger partial charge in [0.15, 0.2) is 0 Å². The van der Waals surface area contributed by atoms with Gasteiger partial charge in [-0.25, -0.2) is 0 Å². The van der Waals surface area contributed by atoms with Gasteiger partial charge in [0.2, 0.25) is 0 Å². The van der Waals surface area contributed by atoms with Crippen LogP contribution in [0.25, 0.3) is 10.9 Å². The van der Waals surface area contributed by atoms with Gasteiger partial charge >= 0.3 is 0 Å². The van der Waals surface area contributed by atoms with Gasteiger partial charge in [0.25, 0.3) is 0 Å². The SMILES string of the molecule is Cc1cc(Br)cc2c(N)c3c(nc12)CCOC3. The highest BCUT2D eigenvalue weighted by atomic mass is 79.9. The third-order valence-corrected chi connectivity index (χ3v) is 3.66. The van der Waals surface area contributed by atoms with E-state index in [9.17, 15) is 0 Å². The molecule has 88 valence electrons. The number of anilines is 1. The number of nitrogens with zero attached hydrogens (tertiary/aromatic N) is 1. The second kappa shape index (κ2) is 3.96. The van der Waals surface area contributed by atoms with Crippen molar-refractivity contribution in [3.63, 3.8) is 0 Å². The lowest BCUT2D eigenvalue weighted by molar-refractivity contribution is 0.110. The largest absolute Gasteiger partial charge is 0.398 e. The standard InChI is InChI=1S/C13H13BrN2O/c1-7-4-8(14)5-9-12(15)10-6-17-3-2-11(10)16-13(7)9/h4-5H,2-3,6H2,1H3,(H2,15,16). The molecule has 0 spiro atoms. The fourth-order valence-electron chi connectivity index (χ4n) is 2.32. The van der Waals surface area contributed by atoms with E-state index in [4.69, 9.17) is 15.5 Å². The predicted octanol–water partition coefficient (Wildman–Crippen LogP) is 2.96. The van der Waals surface area contributed by atoms with E-state index in [0.717, 1.165) is 50.9 Å². The van der Waals surface area contributed by atoms with Crippen LogP contribution in [0.15, 0.2) is 16.6 Å². The molecule has 17 heavy (non-hydrogen) atoms. The molecule has 2 N–H and O–H groups in total. The zero-order valence-electron chi connectivity index (χ0n) is 9.59. The number of fused-ring (bicyclic) bond motifs is 2. The first-order valence-electron chi connectivity index (χ1n) is 5.61. The molecule has 1 aromatic carbocycles. The number of halogens is 1. The number of aromatic nitrogens is 1. The molecule has 2 heterocycles. The Hall–Kier alpha value is -1.13. The van der Waals surface area contributed by atoms with Crippen molar-refractivity contribution in [2.24, 2.45) is 0 Å². The van der Waals surface area contributed by atoms with Gasteiger partial charge in [-0.05, 0) is 24.6 Å². The molecular weight excluding hydrogens is 280 g/mol. The number of rotatable bonds is 0. The van der Waals surface area contributed by atoms with Crippen LogP contribution in [0, 0.1) is 6.92 Å². The smallest absolute Gasteiger partial charge is 0.0756 e. The molecule has 1 aliphatic rings. The monoisotopic (exact) mass is 292 g/mol. The molecule has 0 amide bonds. The minimum atomic E-state index is 0.579. The molecular formula is C13H13BrN2O. The van der Waals surface area contributed by atoms with Gasteiger partial charge in [-0.1, -0.05) is 15.9 Å². The summed E-state index contributed by atoms with van der Waals surface area (Å²) < 4.78 is 6.49. The van der Waals surface area contributed by atoms with Crippen molar-refractivity contribution in [2.75, 3.05) is 12.3 Å². The van der Waals surface area contributed by atoms with Crippen LogP contribution in [0.2, 0.25) is 0 Å². The number of nitrogens with two attached hydrogens (primary N) is 1. The van der Waals surface area contributed by atoms with E-state index in [1.165, 1.54) is 0 Å². The van der Waals surface area contributed by atoms with Crippen LogP contribution in [0.5, 0.6) is 0 Å². The summed E-state index contributed by atoms with van der Waals surface area (Å²) in [6.07, 6.45) is 0.852. The molecule has 0 radical (unpaired) electrons. The van der Waals surface area contributed by atoms with Crippen LogP contribution in [-0.2, 0) is 17.8 Å². The predicted molar refractivity (Wildman–Crippen MR) is 72.0 cm³/mol. The number of nitrogen functional groups attached to an aromatic ring is 1. The lowest BCUT2D eigenvalue weighted by Gasteiger charge is -2.19. The summed E-state index contributed by atoms with van der Waals surface area (Å²) in [6.45, 7) is 3.38. The van der Waals surface area contributed by atoms with E-state index >= 15 is 0 Å². The van der Waals surface area contributed by atoms with Gasteiger partial charge in [-0.3, -0.25) is 4.98 Å². The first-order valence-corrected chi connectivity index (χ1v) is 6.41. The number of hydrogen-bond acceptors (Lipinski definition) is 3. The van der Waals surface area contributed by atoms with Crippen molar-refractivity contribution in [1.29, 1.82) is 0 Å². The van der Waals surface area contributed by atoms with Crippen LogP contribution in [0.1, 0.15) is 16.8 Å². The molecule has 0 unspecified atom stereocenters. The van der Waals surface area contributed by atoms with Crippen LogP contribution in [-0.4, -0.2) is 11.6 Å². The summed E-state index contributed by atoms with van der Waals surface area (Å²) >= 11 is 3.50. The Balaban J connectivity index is 2.40. The zero-order valence-corrected chi connectivity index (χ0v) is 11.2.